The van der Waals surface area contributed by atoms with Gasteiger partial charge in [-0.1, -0.05) is 54.6 Å². The molecule has 0 unspecified atom stereocenters. The number of rotatable bonds is 6. The molecule has 7 heteroatoms. The summed E-state index contributed by atoms with van der Waals surface area (Å²) in [6.45, 7) is 2.62. The van der Waals surface area contributed by atoms with Gasteiger partial charge < -0.3 is 9.64 Å². The molecule has 2 aromatic carbocycles. The molecule has 2 aromatic rings. The Hall–Kier alpha value is -2.38. The molecule has 0 saturated carbocycles. The van der Waals surface area contributed by atoms with Crippen LogP contribution in [0.15, 0.2) is 54.6 Å². The summed E-state index contributed by atoms with van der Waals surface area (Å²) in [7, 11) is -3.39. The molecule has 0 spiro atoms. The van der Waals surface area contributed by atoms with Gasteiger partial charge in [0, 0.05) is 12.6 Å². The van der Waals surface area contributed by atoms with Crippen LogP contribution in [-0.2, 0) is 21.2 Å². The van der Waals surface area contributed by atoms with Crippen molar-refractivity contribution in [1.82, 2.24) is 9.62 Å². The molecule has 1 heterocycles. The van der Waals surface area contributed by atoms with Crippen LogP contribution >= 0.6 is 0 Å². The molecule has 6 nitrogen and oxygen atoms in total. The van der Waals surface area contributed by atoms with Gasteiger partial charge in [0.15, 0.2) is 0 Å². The van der Waals surface area contributed by atoms with E-state index in [2.05, 4.69) is 29.0 Å². The molecule has 0 radical (unpaired) electrons. The van der Waals surface area contributed by atoms with E-state index in [-0.39, 0.29) is 18.7 Å². The number of ether oxygens (including phenoxy) is 1. The fourth-order valence-corrected chi connectivity index (χ4v) is 4.73. The fourth-order valence-electron chi connectivity index (χ4n) is 3.90. The predicted octanol–water partition coefficient (Wildman–Crippen LogP) is 3.43. The quantitative estimate of drug-likeness (QED) is 0.783. The summed E-state index contributed by atoms with van der Waals surface area (Å²) in [6, 6.07) is 17.6. The molecule has 1 fully saturated rings. The van der Waals surface area contributed by atoms with Crippen LogP contribution in [0.3, 0.4) is 0 Å². The molecule has 1 aliphatic rings. The third kappa shape index (κ3) is 5.81. The lowest BCUT2D eigenvalue weighted by molar-refractivity contribution is 0.0678. The highest BCUT2D eigenvalue weighted by Crippen LogP contribution is 2.26. The number of sulfonamides is 1. The average Bonchev–Trinajstić information content (AvgIpc) is 2.69. The molecule has 156 valence electrons. The Morgan fingerprint density at radius 3 is 2.55 bits per heavy atom. The summed E-state index contributed by atoms with van der Waals surface area (Å²) in [5, 5.41) is 0. The first-order valence-corrected chi connectivity index (χ1v) is 11.8. The molecule has 0 aliphatic carbocycles. The Labute approximate surface area is 172 Å². The van der Waals surface area contributed by atoms with E-state index < -0.39 is 16.1 Å². The van der Waals surface area contributed by atoms with E-state index >= 15 is 0 Å². The van der Waals surface area contributed by atoms with Crippen molar-refractivity contribution in [2.75, 3.05) is 19.4 Å². The minimum atomic E-state index is -3.39. The smallest absolute Gasteiger partial charge is 0.410 e. The van der Waals surface area contributed by atoms with E-state index in [0.717, 1.165) is 29.4 Å². The van der Waals surface area contributed by atoms with Gasteiger partial charge in [0.25, 0.3) is 0 Å². The number of nitrogens with zero attached hydrogens (tertiary/aromatic N) is 1. The molecular formula is C22H28N2O4S. The van der Waals surface area contributed by atoms with Crippen molar-refractivity contribution >= 4 is 16.1 Å². The van der Waals surface area contributed by atoms with E-state index in [1.165, 1.54) is 0 Å². The summed E-state index contributed by atoms with van der Waals surface area (Å²) in [6.07, 6.45) is 2.73. The first-order valence-electron chi connectivity index (χ1n) is 9.92. The second-order valence-corrected chi connectivity index (χ2v) is 9.15. The number of benzene rings is 2. The van der Waals surface area contributed by atoms with Crippen molar-refractivity contribution in [3.8, 4) is 11.1 Å². The number of carbonyl (C=O) groups excluding carboxylic acids is 1. The number of piperidine rings is 1. The standard InChI is InChI=1S/C22H28N2O4S/c1-3-28-22(25)24-14-8-13-20(23-29(2,26)27)21(24)16-17-9-7-12-19(15-17)18-10-5-4-6-11-18/h4-7,9-12,15,20-21,23H,3,8,13-14,16H2,1-2H3/t20-,21-/m1/s1. The number of nitrogens with one attached hydrogen (secondary N) is 1. The van der Waals surface area contributed by atoms with Gasteiger partial charge >= 0.3 is 6.09 Å². The molecule has 1 amide bonds. The Balaban J connectivity index is 1.89. The van der Waals surface area contributed by atoms with E-state index in [0.29, 0.717) is 19.4 Å². The van der Waals surface area contributed by atoms with Crippen LogP contribution in [0.25, 0.3) is 11.1 Å². The van der Waals surface area contributed by atoms with Gasteiger partial charge in [0.1, 0.15) is 0 Å². The highest BCUT2D eigenvalue weighted by atomic mass is 32.2. The van der Waals surface area contributed by atoms with Crippen molar-refractivity contribution in [3.05, 3.63) is 60.2 Å². The first kappa shape index (κ1) is 21.3. The number of carbonyl (C=O) groups is 1. The van der Waals surface area contributed by atoms with Crippen LogP contribution in [0.5, 0.6) is 0 Å². The zero-order valence-corrected chi connectivity index (χ0v) is 17.7. The van der Waals surface area contributed by atoms with E-state index in [4.69, 9.17) is 4.74 Å². The van der Waals surface area contributed by atoms with Crippen LogP contribution in [0.2, 0.25) is 0 Å². The van der Waals surface area contributed by atoms with Gasteiger partial charge in [0.05, 0.1) is 18.9 Å². The number of hydrogen-bond acceptors (Lipinski definition) is 4. The molecule has 3 rings (SSSR count). The van der Waals surface area contributed by atoms with Crippen molar-refractivity contribution < 1.29 is 17.9 Å². The molecule has 1 saturated heterocycles. The maximum Gasteiger partial charge on any atom is 0.410 e. The van der Waals surface area contributed by atoms with Gasteiger partial charge in [-0.05, 0) is 42.9 Å². The van der Waals surface area contributed by atoms with E-state index in [1.807, 2.05) is 30.3 Å². The molecule has 0 aromatic heterocycles. The van der Waals surface area contributed by atoms with Crippen molar-refractivity contribution in [2.45, 2.75) is 38.3 Å². The summed E-state index contributed by atoms with van der Waals surface area (Å²) in [5.41, 5.74) is 3.26. The lowest BCUT2D eigenvalue weighted by atomic mass is 9.90. The van der Waals surface area contributed by atoms with E-state index in [1.54, 1.807) is 11.8 Å². The topological polar surface area (TPSA) is 75.7 Å². The SMILES string of the molecule is CCOC(=O)N1CCC[C@@H](NS(C)(=O)=O)[C@H]1Cc1cccc(-c2ccccc2)c1. The second-order valence-electron chi connectivity index (χ2n) is 7.37. The number of amides is 1. The Morgan fingerprint density at radius 1 is 1.14 bits per heavy atom. The monoisotopic (exact) mass is 416 g/mol. The maximum atomic E-state index is 12.5. The van der Waals surface area contributed by atoms with E-state index in [9.17, 15) is 13.2 Å². The summed E-state index contributed by atoms with van der Waals surface area (Å²) in [5.74, 6) is 0. The zero-order chi connectivity index (χ0) is 20.9. The van der Waals surface area contributed by atoms with Gasteiger partial charge in [-0.3, -0.25) is 0 Å². The van der Waals surface area contributed by atoms with Crippen LogP contribution in [0.1, 0.15) is 25.3 Å². The summed E-state index contributed by atoms with van der Waals surface area (Å²) >= 11 is 0. The molecule has 0 bridgehead atoms. The third-order valence-corrected chi connectivity index (χ3v) is 5.86. The predicted molar refractivity (Wildman–Crippen MR) is 114 cm³/mol. The highest BCUT2D eigenvalue weighted by Gasteiger charge is 2.36. The lowest BCUT2D eigenvalue weighted by Crippen LogP contribution is -2.57. The summed E-state index contributed by atoms with van der Waals surface area (Å²) < 4.78 is 31.7. The van der Waals surface area contributed by atoms with Crippen LogP contribution in [0, 0.1) is 0 Å². The molecule has 1 aliphatic heterocycles. The van der Waals surface area contributed by atoms with Crippen molar-refractivity contribution in [3.63, 3.8) is 0 Å². The minimum absolute atomic E-state index is 0.287. The maximum absolute atomic E-state index is 12.5. The normalized spacial score (nSPS) is 19.7. The number of likely N-dealkylation sites (tertiary alicyclic amines) is 1. The molecule has 29 heavy (non-hydrogen) atoms. The lowest BCUT2D eigenvalue weighted by Gasteiger charge is -2.40. The zero-order valence-electron chi connectivity index (χ0n) is 16.9. The van der Waals surface area contributed by atoms with Gasteiger partial charge in [-0.2, -0.15) is 0 Å². The van der Waals surface area contributed by atoms with Crippen LogP contribution in [-0.4, -0.2) is 50.9 Å². The average molecular weight is 417 g/mol. The number of hydrogen-bond donors (Lipinski definition) is 1. The highest BCUT2D eigenvalue weighted by molar-refractivity contribution is 7.88. The largest absolute Gasteiger partial charge is 0.450 e. The minimum Gasteiger partial charge on any atom is -0.450 e. The molecular weight excluding hydrogens is 388 g/mol. The Morgan fingerprint density at radius 2 is 1.86 bits per heavy atom. The van der Waals surface area contributed by atoms with Crippen molar-refractivity contribution in [1.29, 1.82) is 0 Å². The summed E-state index contributed by atoms with van der Waals surface area (Å²) in [4.78, 5) is 14.2. The van der Waals surface area contributed by atoms with Gasteiger partial charge in [-0.25, -0.2) is 17.9 Å². The third-order valence-electron chi connectivity index (χ3n) is 5.13. The van der Waals surface area contributed by atoms with Crippen LogP contribution in [0.4, 0.5) is 4.79 Å². The molecule has 2 atom stereocenters. The van der Waals surface area contributed by atoms with Gasteiger partial charge in [-0.15, -0.1) is 0 Å². The Kier molecular flexibility index (Phi) is 6.92. The van der Waals surface area contributed by atoms with Crippen molar-refractivity contribution in [2.24, 2.45) is 0 Å². The molecule has 1 N–H and O–H groups in total. The Bertz CT molecular complexity index is 931. The van der Waals surface area contributed by atoms with Crippen LogP contribution < -0.4 is 4.72 Å². The van der Waals surface area contributed by atoms with Gasteiger partial charge in [0.2, 0.25) is 10.0 Å². The second kappa shape index (κ2) is 9.41. The fraction of sp³-hybridized carbons (Fsp3) is 0.409. The first-order chi connectivity index (χ1) is 13.9.